The van der Waals surface area contributed by atoms with E-state index in [2.05, 4.69) is 4.98 Å². The van der Waals surface area contributed by atoms with E-state index >= 15 is 0 Å². The number of fused-ring (bicyclic) bond motifs is 3. The summed E-state index contributed by atoms with van der Waals surface area (Å²) in [4.78, 5) is 15.3. The first kappa shape index (κ1) is 10.8. The lowest BCUT2D eigenvalue weighted by Gasteiger charge is -2.05. The van der Waals surface area contributed by atoms with Crippen molar-refractivity contribution >= 4 is 5.91 Å². The second-order valence-corrected chi connectivity index (χ2v) is 4.00. The molecule has 1 aromatic carbocycles. The lowest BCUT2D eigenvalue weighted by molar-refractivity contribution is 0.0996. The topological polar surface area (TPSA) is 70.1 Å². The predicted molar refractivity (Wildman–Crippen MR) is 61.6 cm³/mol. The van der Waals surface area contributed by atoms with Crippen LogP contribution in [0.25, 0.3) is 11.4 Å². The summed E-state index contributed by atoms with van der Waals surface area (Å²) in [7, 11) is 0. The molecule has 2 heterocycles. The van der Waals surface area contributed by atoms with Crippen LogP contribution in [0.3, 0.4) is 0 Å². The maximum Gasteiger partial charge on any atom is 0.268 e. The maximum atomic E-state index is 13.3. The van der Waals surface area contributed by atoms with Crippen molar-refractivity contribution in [1.29, 1.82) is 0 Å². The summed E-state index contributed by atoms with van der Waals surface area (Å²) >= 11 is 0. The Morgan fingerprint density at radius 2 is 2.33 bits per heavy atom. The van der Waals surface area contributed by atoms with Crippen molar-refractivity contribution in [1.82, 2.24) is 9.55 Å². The average Bonchev–Trinajstić information content (AvgIpc) is 2.68. The van der Waals surface area contributed by atoms with Gasteiger partial charge in [0.1, 0.15) is 29.7 Å². The Balaban J connectivity index is 2.22. The second-order valence-electron chi connectivity index (χ2n) is 4.00. The minimum atomic E-state index is -0.602. The number of nitrogens with two attached hydrogens (primary N) is 1. The normalized spacial score (nSPS) is 13.2. The van der Waals surface area contributed by atoms with Gasteiger partial charge in [-0.25, -0.2) is 9.37 Å². The van der Waals surface area contributed by atoms with Gasteiger partial charge in [-0.3, -0.25) is 4.79 Å². The van der Waals surface area contributed by atoms with E-state index in [4.69, 9.17) is 10.5 Å². The molecule has 18 heavy (non-hydrogen) atoms. The highest BCUT2D eigenvalue weighted by atomic mass is 19.1. The zero-order valence-electron chi connectivity index (χ0n) is 9.39. The Morgan fingerprint density at radius 3 is 3.11 bits per heavy atom. The molecule has 0 aliphatic carbocycles. The van der Waals surface area contributed by atoms with E-state index in [0.717, 1.165) is 0 Å². The van der Waals surface area contributed by atoms with Crippen molar-refractivity contribution < 1.29 is 13.9 Å². The van der Waals surface area contributed by atoms with Crippen LogP contribution in [0.5, 0.6) is 5.75 Å². The molecule has 1 aliphatic rings. The third kappa shape index (κ3) is 1.62. The number of carbonyl (C=O) groups is 1. The van der Waals surface area contributed by atoms with Gasteiger partial charge >= 0.3 is 0 Å². The summed E-state index contributed by atoms with van der Waals surface area (Å²) in [5.74, 6) is 0.0661. The van der Waals surface area contributed by atoms with Gasteiger partial charge in [-0.15, -0.1) is 0 Å². The predicted octanol–water partition coefficient (Wildman–Crippen LogP) is 1.18. The molecule has 0 radical (unpaired) electrons. The van der Waals surface area contributed by atoms with Gasteiger partial charge in [-0.1, -0.05) is 0 Å². The molecule has 0 atom stereocenters. The van der Waals surface area contributed by atoms with Gasteiger partial charge < -0.3 is 15.0 Å². The summed E-state index contributed by atoms with van der Waals surface area (Å²) < 4.78 is 20.5. The number of ether oxygens (including phenoxy) is 1. The minimum absolute atomic E-state index is 0.169. The van der Waals surface area contributed by atoms with Gasteiger partial charge in [0.2, 0.25) is 0 Å². The largest absolute Gasteiger partial charge is 0.491 e. The van der Waals surface area contributed by atoms with E-state index in [0.29, 0.717) is 30.3 Å². The second kappa shape index (κ2) is 3.83. The maximum absolute atomic E-state index is 13.3. The van der Waals surface area contributed by atoms with Crippen LogP contribution < -0.4 is 10.5 Å². The zero-order chi connectivity index (χ0) is 12.7. The van der Waals surface area contributed by atoms with Gasteiger partial charge in [0.25, 0.3) is 5.91 Å². The number of hydrogen-bond acceptors (Lipinski definition) is 3. The Hall–Kier alpha value is -2.37. The van der Waals surface area contributed by atoms with E-state index in [1.54, 1.807) is 16.8 Å². The fourth-order valence-corrected chi connectivity index (χ4v) is 1.98. The molecule has 1 amide bonds. The van der Waals surface area contributed by atoms with Gasteiger partial charge in [0.05, 0.1) is 12.1 Å². The SMILES string of the molecule is NC(=O)c1cn2c(n1)-c1cc(F)ccc1OCC2. The molecule has 0 spiro atoms. The standard InChI is InChI=1S/C12H10FN3O2/c13-7-1-2-10-8(5-7)12-15-9(11(14)17)6-16(12)3-4-18-10/h1-2,5-6H,3-4H2,(H2,14,17). The van der Waals surface area contributed by atoms with Crippen LogP contribution in [0, 0.1) is 5.82 Å². The van der Waals surface area contributed by atoms with Crippen molar-refractivity contribution in [3.05, 3.63) is 35.9 Å². The highest BCUT2D eigenvalue weighted by Crippen LogP contribution is 2.32. The summed E-state index contributed by atoms with van der Waals surface area (Å²) in [5, 5.41) is 0. The van der Waals surface area contributed by atoms with Crippen molar-refractivity contribution in [2.45, 2.75) is 6.54 Å². The number of hydrogen-bond donors (Lipinski definition) is 1. The van der Waals surface area contributed by atoms with Crippen LogP contribution in [0.2, 0.25) is 0 Å². The number of halogens is 1. The lowest BCUT2D eigenvalue weighted by Crippen LogP contribution is -2.11. The van der Waals surface area contributed by atoms with E-state index < -0.39 is 5.91 Å². The van der Waals surface area contributed by atoms with E-state index in [1.165, 1.54) is 12.1 Å². The van der Waals surface area contributed by atoms with Crippen LogP contribution >= 0.6 is 0 Å². The molecule has 0 bridgehead atoms. The molecule has 6 heteroatoms. The Kier molecular flexibility index (Phi) is 2.29. The van der Waals surface area contributed by atoms with Gasteiger partial charge in [-0.2, -0.15) is 0 Å². The minimum Gasteiger partial charge on any atom is -0.491 e. The fraction of sp³-hybridized carbons (Fsp3) is 0.167. The highest BCUT2D eigenvalue weighted by molar-refractivity contribution is 5.91. The molecule has 2 N–H and O–H groups in total. The highest BCUT2D eigenvalue weighted by Gasteiger charge is 2.20. The molecule has 3 rings (SSSR count). The lowest BCUT2D eigenvalue weighted by atomic mass is 10.2. The Morgan fingerprint density at radius 1 is 1.50 bits per heavy atom. The summed E-state index contributed by atoms with van der Waals surface area (Å²) in [6.07, 6.45) is 1.56. The number of nitrogens with zero attached hydrogens (tertiary/aromatic N) is 2. The summed E-state index contributed by atoms with van der Waals surface area (Å²) in [5.41, 5.74) is 5.89. The van der Waals surface area contributed by atoms with Crippen LogP contribution in [0.1, 0.15) is 10.5 Å². The van der Waals surface area contributed by atoms with Crippen molar-refractivity contribution in [2.24, 2.45) is 5.73 Å². The summed E-state index contributed by atoms with van der Waals surface area (Å²) in [6, 6.07) is 4.22. The third-order valence-corrected chi connectivity index (χ3v) is 2.80. The van der Waals surface area contributed by atoms with Crippen molar-refractivity contribution in [3.63, 3.8) is 0 Å². The van der Waals surface area contributed by atoms with Crippen molar-refractivity contribution in [2.75, 3.05) is 6.61 Å². The van der Waals surface area contributed by atoms with Gasteiger partial charge in [-0.05, 0) is 18.2 Å². The van der Waals surface area contributed by atoms with E-state index in [1.807, 2.05) is 0 Å². The molecule has 1 aromatic heterocycles. The zero-order valence-corrected chi connectivity index (χ0v) is 9.39. The number of carbonyl (C=O) groups excluding carboxylic acids is 1. The van der Waals surface area contributed by atoms with Gasteiger partial charge in [0, 0.05) is 6.20 Å². The quantitative estimate of drug-likeness (QED) is 0.822. The monoisotopic (exact) mass is 247 g/mol. The van der Waals surface area contributed by atoms with E-state index in [9.17, 15) is 9.18 Å². The number of rotatable bonds is 1. The third-order valence-electron chi connectivity index (χ3n) is 2.80. The molecular weight excluding hydrogens is 237 g/mol. The number of benzene rings is 1. The van der Waals surface area contributed by atoms with Gasteiger partial charge in [0.15, 0.2) is 0 Å². The Bertz CT molecular complexity index is 636. The first-order valence-corrected chi connectivity index (χ1v) is 5.45. The number of primary amides is 1. The molecule has 1 aliphatic heterocycles. The molecule has 0 unspecified atom stereocenters. The first-order chi connectivity index (χ1) is 8.65. The molecular formula is C12H10FN3O2. The smallest absolute Gasteiger partial charge is 0.268 e. The molecule has 5 nitrogen and oxygen atoms in total. The average molecular weight is 247 g/mol. The molecule has 0 saturated heterocycles. The molecule has 0 saturated carbocycles. The van der Waals surface area contributed by atoms with Crippen LogP contribution in [-0.4, -0.2) is 22.1 Å². The Labute approximate surface area is 102 Å². The van der Waals surface area contributed by atoms with Crippen LogP contribution in [0.4, 0.5) is 4.39 Å². The number of aromatic nitrogens is 2. The number of imidazole rings is 1. The number of amides is 1. The van der Waals surface area contributed by atoms with Crippen LogP contribution in [0.15, 0.2) is 24.4 Å². The first-order valence-electron chi connectivity index (χ1n) is 5.45. The molecule has 2 aromatic rings. The molecule has 0 fully saturated rings. The fourth-order valence-electron chi connectivity index (χ4n) is 1.98. The van der Waals surface area contributed by atoms with Crippen LogP contribution in [-0.2, 0) is 6.54 Å². The van der Waals surface area contributed by atoms with E-state index in [-0.39, 0.29) is 11.5 Å². The molecule has 92 valence electrons. The summed E-state index contributed by atoms with van der Waals surface area (Å²) in [6.45, 7) is 0.964. The van der Waals surface area contributed by atoms with Crippen molar-refractivity contribution in [3.8, 4) is 17.1 Å².